The number of hydrogen-bond donors (Lipinski definition) is 1. The third kappa shape index (κ3) is 3.49. The molecule has 5 heteroatoms. The molecule has 2 aliphatic carbocycles. The fraction of sp³-hybridized carbons (Fsp3) is 0.625. The van der Waals surface area contributed by atoms with Crippen LogP contribution in [-0.2, 0) is 6.54 Å². The van der Waals surface area contributed by atoms with Crippen molar-refractivity contribution in [1.82, 2.24) is 9.78 Å². The van der Waals surface area contributed by atoms with E-state index in [1.54, 1.807) is 10.9 Å². The van der Waals surface area contributed by atoms with Gasteiger partial charge in [0.1, 0.15) is 5.69 Å². The van der Waals surface area contributed by atoms with Gasteiger partial charge in [-0.2, -0.15) is 5.10 Å². The van der Waals surface area contributed by atoms with Crippen molar-refractivity contribution in [3.8, 4) is 0 Å². The molecule has 0 atom stereocenters. The summed E-state index contributed by atoms with van der Waals surface area (Å²) in [6.07, 6.45) is 12.2. The number of nitrogens with one attached hydrogen (secondary N) is 1. The molecule has 0 bridgehead atoms. The lowest BCUT2D eigenvalue weighted by molar-refractivity contribution is 0.262. The van der Waals surface area contributed by atoms with Gasteiger partial charge in [0.15, 0.2) is 0 Å². The van der Waals surface area contributed by atoms with Gasteiger partial charge >= 0.3 is 0 Å². The second-order valence-electron chi connectivity index (χ2n) is 6.08. The Labute approximate surface area is 130 Å². The molecule has 0 amide bonds. The predicted molar refractivity (Wildman–Crippen MR) is 85.9 cm³/mol. The molecule has 0 spiro atoms. The first kappa shape index (κ1) is 14.6. The van der Waals surface area contributed by atoms with Gasteiger partial charge in [-0.15, -0.1) is 0 Å². The average molecular weight is 308 g/mol. The van der Waals surface area contributed by atoms with Crippen LogP contribution in [0, 0.1) is 5.92 Å². The molecule has 2 aliphatic rings. The number of nitrogens with zero attached hydrogens (tertiary/aromatic N) is 2. The monoisotopic (exact) mass is 307 g/mol. The first-order chi connectivity index (χ1) is 10.2. The van der Waals surface area contributed by atoms with Gasteiger partial charge in [-0.1, -0.05) is 29.7 Å². The van der Waals surface area contributed by atoms with Gasteiger partial charge < -0.3 is 5.32 Å². The van der Waals surface area contributed by atoms with Crippen LogP contribution in [0.2, 0.25) is 5.02 Å². The van der Waals surface area contributed by atoms with Crippen LogP contribution in [0.5, 0.6) is 0 Å². The molecule has 3 rings (SSSR count). The number of anilines is 1. The molecule has 1 saturated carbocycles. The maximum Gasteiger partial charge on any atom is 0.291 e. The molecule has 4 nitrogen and oxygen atoms in total. The highest BCUT2D eigenvalue weighted by Crippen LogP contribution is 2.27. The van der Waals surface area contributed by atoms with Crippen LogP contribution in [0.1, 0.15) is 44.9 Å². The van der Waals surface area contributed by atoms with E-state index in [0.29, 0.717) is 16.6 Å². The van der Waals surface area contributed by atoms with E-state index in [9.17, 15) is 4.79 Å². The molecule has 1 aromatic rings. The Morgan fingerprint density at radius 2 is 2.24 bits per heavy atom. The summed E-state index contributed by atoms with van der Waals surface area (Å²) in [5.74, 6) is 0.605. The maximum absolute atomic E-state index is 12.4. The molecule has 0 unspecified atom stereocenters. The van der Waals surface area contributed by atoms with Crippen molar-refractivity contribution in [3.63, 3.8) is 0 Å². The average Bonchev–Trinajstić information content (AvgIpc) is 2.93. The second-order valence-corrected chi connectivity index (χ2v) is 6.49. The highest BCUT2D eigenvalue weighted by atomic mass is 35.5. The van der Waals surface area contributed by atoms with Crippen molar-refractivity contribution in [1.29, 1.82) is 0 Å². The van der Waals surface area contributed by atoms with E-state index >= 15 is 0 Å². The second kappa shape index (κ2) is 6.65. The summed E-state index contributed by atoms with van der Waals surface area (Å²) in [6, 6.07) is 0. The molecule has 1 aromatic heterocycles. The zero-order chi connectivity index (χ0) is 14.7. The van der Waals surface area contributed by atoms with E-state index in [-0.39, 0.29) is 5.56 Å². The SMILES string of the molecule is O=c1c(NCCC2=CCCC2)c(Cl)cnn1CC1CCC1. The molecular weight excluding hydrogens is 286 g/mol. The van der Waals surface area contributed by atoms with Crippen molar-refractivity contribution in [2.75, 3.05) is 11.9 Å². The Kier molecular flexibility index (Phi) is 4.63. The Balaban J connectivity index is 1.64. The normalized spacial score (nSPS) is 18.4. The van der Waals surface area contributed by atoms with Gasteiger partial charge in [-0.05, 0) is 44.4 Å². The van der Waals surface area contributed by atoms with Crippen LogP contribution in [-0.4, -0.2) is 16.3 Å². The van der Waals surface area contributed by atoms with Crippen LogP contribution in [0.4, 0.5) is 5.69 Å². The maximum atomic E-state index is 12.4. The fourth-order valence-electron chi connectivity index (χ4n) is 2.99. The number of aromatic nitrogens is 2. The number of rotatable bonds is 6. The summed E-state index contributed by atoms with van der Waals surface area (Å²) < 4.78 is 1.56. The minimum Gasteiger partial charge on any atom is -0.379 e. The van der Waals surface area contributed by atoms with E-state index in [2.05, 4.69) is 16.5 Å². The first-order valence-electron chi connectivity index (χ1n) is 7.91. The van der Waals surface area contributed by atoms with E-state index in [0.717, 1.165) is 19.5 Å². The van der Waals surface area contributed by atoms with Crippen molar-refractivity contribution in [2.24, 2.45) is 5.92 Å². The van der Waals surface area contributed by atoms with Crippen LogP contribution in [0.3, 0.4) is 0 Å². The van der Waals surface area contributed by atoms with Gasteiger partial charge in [0.05, 0.1) is 11.2 Å². The van der Waals surface area contributed by atoms with Crippen molar-refractivity contribution in [3.05, 3.63) is 33.2 Å². The van der Waals surface area contributed by atoms with Crippen LogP contribution >= 0.6 is 11.6 Å². The molecule has 0 aliphatic heterocycles. The molecule has 1 fully saturated rings. The summed E-state index contributed by atoms with van der Waals surface area (Å²) >= 11 is 6.13. The summed E-state index contributed by atoms with van der Waals surface area (Å²) in [5.41, 5.74) is 1.90. The summed E-state index contributed by atoms with van der Waals surface area (Å²) in [7, 11) is 0. The number of hydrogen-bond acceptors (Lipinski definition) is 3. The predicted octanol–water partition coefficient (Wildman–Crippen LogP) is 3.61. The molecule has 1 N–H and O–H groups in total. The number of allylic oxidation sites excluding steroid dienone is 1. The summed E-state index contributed by atoms with van der Waals surface area (Å²) in [6.45, 7) is 1.48. The first-order valence-corrected chi connectivity index (χ1v) is 8.29. The molecule has 0 aromatic carbocycles. The molecule has 1 heterocycles. The summed E-state index contributed by atoms with van der Waals surface area (Å²) in [4.78, 5) is 12.4. The third-order valence-corrected chi connectivity index (χ3v) is 4.82. The van der Waals surface area contributed by atoms with Crippen LogP contribution < -0.4 is 10.9 Å². The van der Waals surface area contributed by atoms with Gasteiger partial charge in [-0.3, -0.25) is 4.79 Å². The topological polar surface area (TPSA) is 46.9 Å². The zero-order valence-electron chi connectivity index (χ0n) is 12.3. The highest BCUT2D eigenvalue weighted by Gasteiger charge is 2.20. The zero-order valence-corrected chi connectivity index (χ0v) is 13.0. The van der Waals surface area contributed by atoms with Crippen LogP contribution in [0.25, 0.3) is 0 Å². The van der Waals surface area contributed by atoms with Gasteiger partial charge in [0.2, 0.25) is 0 Å². The van der Waals surface area contributed by atoms with E-state index in [1.165, 1.54) is 44.1 Å². The Bertz CT molecular complexity index is 590. The Morgan fingerprint density at radius 1 is 1.38 bits per heavy atom. The van der Waals surface area contributed by atoms with Gasteiger partial charge in [-0.25, -0.2) is 4.68 Å². The smallest absolute Gasteiger partial charge is 0.291 e. The Morgan fingerprint density at radius 3 is 2.90 bits per heavy atom. The number of halogens is 1. The quantitative estimate of drug-likeness (QED) is 0.817. The highest BCUT2D eigenvalue weighted by molar-refractivity contribution is 6.32. The van der Waals surface area contributed by atoms with Gasteiger partial charge in [0.25, 0.3) is 5.56 Å². The van der Waals surface area contributed by atoms with Crippen molar-refractivity contribution >= 4 is 17.3 Å². The molecule has 21 heavy (non-hydrogen) atoms. The van der Waals surface area contributed by atoms with Crippen LogP contribution in [0.15, 0.2) is 22.6 Å². The molecule has 0 radical (unpaired) electrons. The van der Waals surface area contributed by atoms with E-state index in [4.69, 9.17) is 11.6 Å². The van der Waals surface area contributed by atoms with Gasteiger partial charge in [0, 0.05) is 13.1 Å². The minimum absolute atomic E-state index is 0.0881. The molecule has 0 saturated heterocycles. The van der Waals surface area contributed by atoms with E-state index in [1.807, 2.05) is 0 Å². The summed E-state index contributed by atoms with van der Waals surface area (Å²) in [5, 5.41) is 7.80. The lowest BCUT2D eigenvalue weighted by Gasteiger charge is -2.25. The standard InChI is InChI=1S/C16H22ClN3O/c17-14-10-19-20(11-13-6-3-7-13)16(21)15(14)18-9-8-12-4-1-2-5-12/h4,10,13,18H,1-3,5-9,11H2. The third-order valence-electron chi connectivity index (χ3n) is 4.54. The fourth-order valence-corrected chi connectivity index (χ4v) is 3.18. The largest absolute Gasteiger partial charge is 0.379 e. The van der Waals surface area contributed by atoms with Crippen molar-refractivity contribution < 1.29 is 0 Å². The lowest BCUT2D eigenvalue weighted by Crippen LogP contribution is -2.31. The minimum atomic E-state index is -0.0881. The molecular formula is C16H22ClN3O. The van der Waals surface area contributed by atoms with Crippen molar-refractivity contribution in [2.45, 2.75) is 51.5 Å². The van der Waals surface area contributed by atoms with E-state index < -0.39 is 0 Å². The molecule has 114 valence electrons. The lowest BCUT2D eigenvalue weighted by atomic mass is 9.85. The Hall–Kier alpha value is -1.29.